The van der Waals surface area contributed by atoms with Gasteiger partial charge in [-0.2, -0.15) is 0 Å². The summed E-state index contributed by atoms with van der Waals surface area (Å²) in [6.07, 6.45) is 3.29. The van der Waals surface area contributed by atoms with Crippen LogP contribution in [-0.2, 0) is 4.79 Å². The third kappa shape index (κ3) is 5.51. The normalized spacial score (nSPS) is 22.4. The molecule has 2 amide bonds. The summed E-state index contributed by atoms with van der Waals surface area (Å²) in [4.78, 5) is 23.8. The first-order chi connectivity index (χ1) is 12.7. The number of benzene rings is 1. The van der Waals surface area contributed by atoms with E-state index in [-0.39, 0.29) is 35.1 Å². The number of methoxy groups -OCH3 is 1. The Morgan fingerprint density at radius 2 is 2.04 bits per heavy atom. The van der Waals surface area contributed by atoms with E-state index in [0.717, 1.165) is 12.8 Å². The summed E-state index contributed by atoms with van der Waals surface area (Å²) < 4.78 is 10.6. The van der Waals surface area contributed by atoms with Crippen LogP contribution in [0, 0.1) is 17.8 Å². The van der Waals surface area contributed by atoms with Gasteiger partial charge in [0.2, 0.25) is 0 Å². The minimum atomic E-state index is -0.624. The summed E-state index contributed by atoms with van der Waals surface area (Å²) in [6.45, 7) is 6.30. The second-order valence-corrected chi connectivity index (χ2v) is 8.06. The van der Waals surface area contributed by atoms with Crippen LogP contribution in [0.25, 0.3) is 0 Å². The molecule has 0 aromatic heterocycles. The average Bonchev–Trinajstić information content (AvgIpc) is 2.59. The first kappa shape index (κ1) is 21.4. The molecule has 0 radical (unpaired) electrons. The predicted octanol–water partition coefficient (Wildman–Crippen LogP) is 3.40. The van der Waals surface area contributed by atoms with Crippen molar-refractivity contribution in [1.82, 2.24) is 5.32 Å². The fraction of sp³-hybridized carbons (Fsp3) is 0.600. The van der Waals surface area contributed by atoms with Crippen LogP contribution < -0.4 is 20.5 Å². The topological polar surface area (TPSA) is 90.7 Å². The Bertz CT molecular complexity index is 693. The van der Waals surface area contributed by atoms with Crippen LogP contribution in [0.4, 0.5) is 0 Å². The van der Waals surface area contributed by atoms with Gasteiger partial charge in [0.1, 0.15) is 0 Å². The molecule has 1 aromatic carbocycles. The second kappa shape index (κ2) is 9.31. The highest BCUT2D eigenvalue weighted by Crippen LogP contribution is 2.37. The minimum Gasteiger partial charge on any atom is -0.493 e. The maximum atomic E-state index is 12.8. The molecular weight excluding hydrogens is 368 g/mol. The van der Waals surface area contributed by atoms with E-state index in [1.165, 1.54) is 19.6 Å². The number of primary amides is 1. The third-order valence-electron chi connectivity index (χ3n) is 5.19. The van der Waals surface area contributed by atoms with E-state index < -0.39 is 5.91 Å². The lowest BCUT2D eigenvalue weighted by Crippen LogP contribution is -2.45. The number of nitrogens with one attached hydrogen (secondary N) is 1. The molecule has 150 valence electrons. The van der Waals surface area contributed by atoms with Crippen molar-refractivity contribution in [3.8, 4) is 11.5 Å². The minimum absolute atomic E-state index is 0.136. The quantitative estimate of drug-likeness (QED) is 0.738. The molecule has 2 rings (SSSR count). The maximum Gasteiger partial charge on any atom is 0.255 e. The van der Waals surface area contributed by atoms with Crippen LogP contribution >= 0.6 is 11.6 Å². The number of hydrogen-bond donors (Lipinski definition) is 2. The molecule has 1 aliphatic carbocycles. The smallest absolute Gasteiger partial charge is 0.255 e. The van der Waals surface area contributed by atoms with Gasteiger partial charge in [-0.15, -0.1) is 0 Å². The van der Waals surface area contributed by atoms with Gasteiger partial charge in [-0.25, -0.2) is 0 Å². The molecular formula is C20H29ClN2O4. The SMILES string of the molecule is COc1cc(C(=O)N[C@@H]2C[C@@H](C)CC[C@H]2C(C)C)cc(Cl)c1OCC(N)=O. The van der Waals surface area contributed by atoms with Gasteiger partial charge in [0.05, 0.1) is 12.1 Å². The molecule has 1 aromatic rings. The van der Waals surface area contributed by atoms with Crippen LogP contribution in [-0.4, -0.2) is 31.6 Å². The summed E-state index contributed by atoms with van der Waals surface area (Å²) in [7, 11) is 1.45. The monoisotopic (exact) mass is 396 g/mol. The largest absolute Gasteiger partial charge is 0.493 e. The summed E-state index contributed by atoms with van der Waals surface area (Å²) in [6, 6.07) is 3.22. The molecule has 0 aliphatic heterocycles. The highest BCUT2D eigenvalue weighted by atomic mass is 35.5. The Balaban J connectivity index is 2.20. The van der Waals surface area contributed by atoms with E-state index in [9.17, 15) is 9.59 Å². The number of carbonyl (C=O) groups is 2. The summed E-state index contributed by atoms with van der Waals surface area (Å²) in [5.41, 5.74) is 5.49. The van der Waals surface area contributed by atoms with Crippen molar-refractivity contribution in [1.29, 1.82) is 0 Å². The standard InChI is InChI=1S/C20H29ClN2O4/c1-11(2)14-6-5-12(3)7-16(14)23-20(25)13-8-15(21)19(17(9-13)26-4)27-10-18(22)24/h8-9,11-12,14,16H,5-7,10H2,1-4H3,(H2,22,24)(H,23,25)/t12-,14-,16+/m0/s1. The van der Waals surface area contributed by atoms with Crippen LogP contribution in [0.3, 0.4) is 0 Å². The number of rotatable bonds is 7. The highest BCUT2D eigenvalue weighted by Gasteiger charge is 2.32. The Labute approximate surface area is 165 Å². The number of hydrogen-bond acceptors (Lipinski definition) is 4. The number of carbonyl (C=O) groups excluding carboxylic acids is 2. The molecule has 7 heteroatoms. The molecule has 0 heterocycles. The second-order valence-electron chi connectivity index (χ2n) is 7.65. The summed E-state index contributed by atoms with van der Waals surface area (Å²) in [5, 5.41) is 3.37. The lowest BCUT2D eigenvalue weighted by atomic mass is 9.74. The van der Waals surface area contributed by atoms with E-state index in [0.29, 0.717) is 23.3 Å². The number of ether oxygens (including phenoxy) is 2. The maximum absolute atomic E-state index is 12.8. The van der Waals surface area contributed by atoms with Gasteiger partial charge in [0.25, 0.3) is 11.8 Å². The number of amides is 2. The van der Waals surface area contributed by atoms with Gasteiger partial charge in [0.15, 0.2) is 18.1 Å². The molecule has 0 unspecified atom stereocenters. The third-order valence-corrected chi connectivity index (χ3v) is 5.47. The van der Waals surface area contributed by atoms with Crippen molar-refractivity contribution < 1.29 is 19.1 Å². The molecule has 3 atom stereocenters. The van der Waals surface area contributed by atoms with Crippen molar-refractivity contribution in [2.45, 2.75) is 46.1 Å². The zero-order valence-electron chi connectivity index (χ0n) is 16.4. The predicted molar refractivity (Wildman–Crippen MR) is 105 cm³/mol. The van der Waals surface area contributed by atoms with Crippen molar-refractivity contribution >= 4 is 23.4 Å². The fourth-order valence-corrected chi connectivity index (χ4v) is 4.02. The van der Waals surface area contributed by atoms with Gasteiger partial charge in [-0.1, -0.05) is 38.8 Å². The van der Waals surface area contributed by atoms with E-state index in [4.69, 9.17) is 26.8 Å². The molecule has 1 fully saturated rings. The molecule has 0 saturated heterocycles. The van der Waals surface area contributed by atoms with Crippen LogP contribution in [0.2, 0.25) is 5.02 Å². The lowest BCUT2D eigenvalue weighted by molar-refractivity contribution is -0.119. The van der Waals surface area contributed by atoms with Gasteiger partial charge in [-0.05, 0) is 42.7 Å². The Morgan fingerprint density at radius 3 is 2.63 bits per heavy atom. The van der Waals surface area contributed by atoms with E-state index >= 15 is 0 Å². The Hall–Kier alpha value is -1.95. The average molecular weight is 397 g/mol. The zero-order valence-corrected chi connectivity index (χ0v) is 17.1. The Kier molecular flexibility index (Phi) is 7.36. The molecule has 1 aliphatic rings. The Morgan fingerprint density at radius 1 is 1.33 bits per heavy atom. The van der Waals surface area contributed by atoms with Gasteiger partial charge in [-0.3, -0.25) is 9.59 Å². The molecule has 1 saturated carbocycles. The van der Waals surface area contributed by atoms with Crippen LogP contribution in [0.1, 0.15) is 50.4 Å². The first-order valence-corrected chi connectivity index (χ1v) is 9.70. The van der Waals surface area contributed by atoms with Gasteiger partial charge < -0.3 is 20.5 Å². The summed E-state index contributed by atoms with van der Waals surface area (Å²) >= 11 is 6.25. The summed E-state index contributed by atoms with van der Waals surface area (Å²) in [5.74, 6) is 1.22. The van der Waals surface area contributed by atoms with E-state index in [2.05, 4.69) is 26.1 Å². The van der Waals surface area contributed by atoms with Gasteiger partial charge >= 0.3 is 0 Å². The zero-order chi connectivity index (χ0) is 20.1. The number of halogens is 1. The van der Waals surface area contributed by atoms with Crippen molar-refractivity contribution in [2.24, 2.45) is 23.5 Å². The van der Waals surface area contributed by atoms with Crippen molar-refractivity contribution in [3.05, 3.63) is 22.7 Å². The van der Waals surface area contributed by atoms with Crippen molar-refractivity contribution in [3.63, 3.8) is 0 Å². The molecule has 0 spiro atoms. The van der Waals surface area contributed by atoms with E-state index in [1.807, 2.05) is 0 Å². The van der Waals surface area contributed by atoms with E-state index in [1.54, 1.807) is 6.07 Å². The van der Waals surface area contributed by atoms with Crippen LogP contribution in [0.15, 0.2) is 12.1 Å². The molecule has 27 heavy (non-hydrogen) atoms. The molecule has 0 bridgehead atoms. The van der Waals surface area contributed by atoms with Gasteiger partial charge in [0, 0.05) is 11.6 Å². The number of nitrogens with two attached hydrogens (primary N) is 1. The fourth-order valence-electron chi connectivity index (χ4n) is 3.75. The highest BCUT2D eigenvalue weighted by molar-refractivity contribution is 6.32. The van der Waals surface area contributed by atoms with Crippen molar-refractivity contribution in [2.75, 3.05) is 13.7 Å². The first-order valence-electron chi connectivity index (χ1n) is 9.32. The molecule has 6 nitrogen and oxygen atoms in total. The van der Waals surface area contributed by atoms with Crippen LogP contribution in [0.5, 0.6) is 11.5 Å². The lowest BCUT2D eigenvalue weighted by Gasteiger charge is -2.37. The molecule has 3 N–H and O–H groups in total.